The van der Waals surface area contributed by atoms with Crippen LogP contribution in [0.2, 0.25) is 0 Å². The van der Waals surface area contributed by atoms with Crippen LogP contribution in [-0.4, -0.2) is 37.6 Å². The van der Waals surface area contributed by atoms with Crippen molar-refractivity contribution in [2.24, 2.45) is 0 Å². The van der Waals surface area contributed by atoms with E-state index in [2.05, 4.69) is 45.5 Å². The van der Waals surface area contributed by atoms with Crippen LogP contribution in [-0.2, 0) is 14.0 Å². The summed E-state index contributed by atoms with van der Waals surface area (Å²) in [6, 6.07) is 18.6. The van der Waals surface area contributed by atoms with E-state index in [0.717, 1.165) is 22.3 Å². The Bertz CT molecular complexity index is 1370. The quantitative estimate of drug-likeness (QED) is 0.240. The summed E-state index contributed by atoms with van der Waals surface area (Å²) >= 11 is 2.90. The molecule has 0 bridgehead atoms. The van der Waals surface area contributed by atoms with Gasteiger partial charge < -0.3 is 19.4 Å². The third-order valence-electron chi connectivity index (χ3n) is 7.69. The summed E-state index contributed by atoms with van der Waals surface area (Å²) in [5, 5.41) is 2.76. The van der Waals surface area contributed by atoms with Crippen molar-refractivity contribution < 1.29 is 27.6 Å². The molecule has 0 unspecified atom stereocenters. The lowest BCUT2D eigenvalue weighted by molar-refractivity contribution is 0.00578. The van der Waals surface area contributed by atoms with Crippen molar-refractivity contribution in [3.8, 4) is 11.1 Å². The average Bonchev–Trinajstić information content (AvgIpc) is 3.32. The zero-order valence-electron chi connectivity index (χ0n) is 22.2. The maximum absolute atomic E-state index is 14.2. The van der Waals surface area contributed by atoms with E-state index in [1.807, 2.05) is 52.0 Å². The number of ether oxygens (including phenoxy) is 1. The van der Waals surface area contributed by atoms with Crippen molar-refractivity contribution in [1.29, 1.82) is 0 Å². The predicted molar refractivity (Wildman–Crippen MR) is 151 cm³/mol. The molecule has 1 amide bonds. The first-order chi connectivity index (χ1) is 18.5. The van der Waals surface area contributed by atoms with E-state index in [9.17, 15) is 13.6 Å². The van der Waals surface area contributed by atoms with Crippen molar-refractivity contribution in [2.45, 2.75) is 44.8 Å². The standard InChI is InChI=1S/C30H29BBrF2NO4/c1-29(2)30(3,4)39-31(38-29)19(13-18-14-25(33)27(32)26(34)15-18)16-35-28(36)37-17-24-22-11-7-5-9-20(22)21-10-6-8-12-23(21)24/h5-15,24H,16-17H2,1-4H3,(H,35,36). The summed E-state index contributed by atoms with van der Waals surface area (Å²) in [4.78, 5) is 12.8. The molecular formula is C30H29BBrF2NO4. The van der Waals surface area contributed by atoms with E-state index in [1.54, 1.807) is 6.08 Å². The molecule has 0 aromatic heterocycles. The van der Waals surface area contributed by atoms with Crippen molar-refractivity contribution in [3.05, 3.63) is 98.9 Å². The van der Waals surface area contributed by atoms with Gasteiger partial charge in [-0.15, -0.1) is 0 Å². The van der Waals surface area contributed by atoms with E-state index >= 15 is 0 Å². The maximum Gasteiger partial charge on any atom is 0.492 e. The first-order valence-corrected chi connectivity index (χ1v) is 13.6. The second kappa shape index (κ2) is 10.5. The van der Waals surface area contributed by atoms with E-state index in [1.165, 1.54) is 12.1 Å². The molecule has 1 fully saturated rings. The Morgan fingerprint density at radius 1 is 0.974 bits per heavy atom. The van der Waals surface area contributed by atoms with Gasteiger partial charge in [0.2, 0.25) is 0 Å². The van der Waals surface area contributed by atoms with Crippen LogP contribution in [0.15, 0.2) is 70.6 Å². The number of benzene rings is 3. The second-order valence-corrected chi connectivity index (χ2v) is 11.6. The Hall–Kier alpha value is -3.01. The highest BCUT2D eigenvalue weighted by atomic mass is 79.9. The fourth-order valence-corrected chi connectivity index (χ4v) is 5.12. The summed E-state index contributed by atoms with van der Waals surface area (Å²) in [6.45, 7) is 7.78. The Morgan fingerprint density at radius 3 is 2.03 bits per heavy atom. The van der Waals surface area contributed by atoms with Gasteiger partial charge in [-0.1, -0.05) is 54.6 Å². The molecule has 1 heterocycles. The monoisotopic (exact) mass is 595 g/mol. The van der Waals surface area contributed by atoms with Crippen LogP contribution in [0, 0.1) is 11.6 Å². The minimum absolute atomic E-state index is 0.00714. The Labute approximate surface area is 235 Å². The molecule has 39 heavy (non-hydrogen) atoms. The van der Waals surface area contributed by atoms with Gasteiger partial charge in [0.05, 0.1) is 15.7 Å². The highest BCUT2D eigenvalue weighted by Crippen LogP contribution is 2.44. The smallest absolute Gasteiger partial charge is 0.449 e. The molecule has 1 saturated heterocycles. The summed E-state index contributed by atoms with van der Waals surface area (Å²) in [6.07, 6.45) is 0.942. The molecule has 1 N–H and O–H groups in total. The van der Waals surface area contributed by atoms with Crippen LogP contribution < -0.4 is 5.32 Å². The molecule has 2 aliphatic rings. The SMILES string of the molecule is CC1(C)OB(C(=Cc2cc(F)c(Br)c(F)c2)CNC(=O)OCC2c3ccccc3-c3ccccc32)OC1(C)C. The zero-order valence-corrected chi connectivity index (χ0v) is 23.8. The van der Waals surface area contributed by atoms with Gasteiger partial charge in [-0.2, -0.15) is 0 Å². The summed E-state index contributed by atoms with van der Waals surface area (Å²) in [5.41, 5.74) is 3.99. The van der Waals surface area contributed by atoms with Crippen LogP contribution in [0.5, 0.6) is 0 Å². The molecule has 0 saturated carbocycles. The number of nitrogens with one attached hydrogen (secondary N) is 1. The van der Waals surface area contributed by atoms with Crippen LogP contribution in [0.3, 0.4) is 0 Å². The van der Waals surface area contributed by atoms with Crippen molar-refractivity contribution in [3.63, 3.8) is 0 Å². The first kappa shape index (κ1) is 27.6. The number of alkyl carbamates (subject to hydrolysis) is 1. The van der Waals surface area contributed by atoms with Crippen LogP contribution in [0.25, 0.3) is 17.2 Å². The molecule has 0 radical (unpaired) electrons. The molecule has 0 atom stereocenters. The largest absolute Gasteiger partial charge is 0.492 e. The van der Waals surface area contributed by atoms with E-state index in [4.69, 9.17) is 14.0 Å². The molecule has 1 aliphatic carbocycles. The Morgan fingerprint density at radius 2 is 1.49 bits per heavy atom. The number of carbonyl (C=O) groups excluding carboxylic acids is 1. The van der Waals surface area contributed by atoms with Crippen LogP contribution >= 0.6 is 15.9 Å². The van der Waals surface area contributed by atoms with E-state index in [-0.39, 0.29) is 29.1 Å². The van der Waals surface area contributed by atoms with Crippen LogP contribution in [0.4, 0.5) is 13.6 Å². The number of rotatable bonds is 6. The molecule has 202 valence electrons. The minimum atomic E-state index is -0.835. The number of halogens is 3. The van der Waals surface area contributed by atoms with Gasteiger partial charge in [-0.3, -0.25) is 0 Å². The fourth-order valence-electron chi connectivity index (χ4n) is 4.89. The normalized spacial score (nSPS) is 17.6. The van der Waals surface area contributed by atoms with E-state index in [0.29, 0.717) is 5.47 Å². The zero-order chi connectivity index (χ0) is 27.9. The maximum atomic E-state index is 14.2. The average molecular weight is 596 g/mol. The minimum Gasteiger partial charge on any atom is -0.449 e. The molecule has 9 heteroatoms. The van der Waals surface area contributed by atoms with Crippen LogP contribution in [0.1, 0.15) is 50.3 Å². The van der Waals surface area contributed by atoms with Gasteiger partial charge in [0.25, 0.3) is 0 Å². The Balaban J connectivity index is 1.32. The summed E-state index contributed by atoms with van der Waals surface area (Å²) in [5.74, 6) is -1.55. The number of hydrogen-bond acceptors (Lipinski definition) is 4. The van der Waals surface area contributed by atoms with Gasteiger partial charge >= 0.3 is 13.2 Å². The molecule has 0 spiro atoms. The van der Waals surface area contributed by atoms with Gasteiger partial charge in [0.1, 0.15) is 18.2 Å². The lowest BCUT2D eigenvalue weighted by atomic mass is 9.77. The predicted octanol–water partition coefficient (Wildman–Crippen LogP) is 7.28. The third kappa shape index (κ3) is 5.40. The third-order valence-corrected chi connectivity index (χ3v) is 8.45. The number of carbonyl (C=O) groups is 1. The molecule has 5 rings (SSSR count). The van der Waals surface area contributed by atoms with Gasteiger partial charge in [-0.25, -0.2) is 13.6 Å². The lowest BCUT2D eigenvalue weighted by Crippen LogP contribution is -2.41. The summed E-state index contributed by atoms with van der Waals surface area (Å²) < 4.78 is 46.2. The lowest BCUT2D eigenvalue weighted by Gasteiger charge is -2.32. The molecule has 3 aromatic carbocycles. The van der Waals surface area contributed by atoms with Gasteiger partial charge in [0.15, 0.2) is 0 Å². The van der Waals surface area contributed by atoms with Gasteiger partial charge in [0, 0.05) is 12.5 Å². The molecule has 1 aliphatic heterocycles. The van der Waals surface area contributed by atoms with Crippen molar-refractivity contribution in [2.75, 3.05) is 13.2 Å². The fraction of sp³-hybridized carbons (Fsp3) is 0.300. The van der Waals surface area contributed by atoms with Crippen molar-refractivity contribution in [1.82, 2.24) is 5.32 Å². The number of hydrogen-bond donors (Lipinski definition) is 1. The van der Waals surface area contributed by atoms with E-state index < -0.39 is 36.0 Å². The second-order valence-electron chi connectivity index (χ2n) is 10.8. The molecule has 5 nitrogen and oxygen atoms in total. The number of amides is 1. The highest BCUT2D eigenvalue weighted by molar-refractivity contribution is 9.10. The Kier molecular flexibility index (Phi) is 7.44. The molecule has 3 aromatic rings. The molecular weight excluding hydrogens is 567 g/mol. The first-order valence-electron chi connectivity index (χ1n) is 12.8. The van der Waals surface area contributed by atoms with Crippen molar-refractivity contribution >= 4 is 35.2 Å². The van der Waals surface area contributed by atoms with Gasteiger partial charge in [-0.05, 0) is 89.0 Å². The highest BCUT2D eigenvalue weighted by Gasteiger charge is 2.52. The summed E-state index contributed by atoms with van der Waals surface area (Å²) in [7, 11) is -0.835. The number of fused-ring (bicyclic) bond motifs is 3. The topological polar surface area (TPSA) is 56.8 Å².